The van der Waals surface area contributed by atoms with Crippen LogP contribution in [0.3, 0.4) is 0 Å². The van der Waals surface area contributed by atoms with E-state index in [2.05, 4.69) is 0 Å². The van der Waals surface area contributed by atoms with Gasteiger partial charge < -0.3 is 40.5 Å². The Balaban J connectivity index is 0.000000423. The van der Waals surface area contributed by atoms with Crippen molar-refractivity contribution in [3.8, 4) is 11.5 Å². The van der Waals surface area contributed by atoms with E-state index in [9.17, 15) is 9.59 Å². The number of aldehydes is 1. The summed E-state index contributed by atoms with van der Waals surface area (Å²) in [6.07, 6.45) is -8.39. The van der Waals surface area contributed by atoms with Crippen LogP contribution in [0.1, 0.15) is 0 Å². The zero-order chi connectivity index (χ0) is 16.6. The molecule has 0 aliphatic rings. The van der Waals surface area contributed by atoms with Crippen molar-refractivity contribution in [3.63, 3.8) is 0 Å². The highest BCUT2D eigenvalue weighted by Gasteiger charge is 2.33. The van der Waals surface area contributed by atoms with Crippen molar-refractivity contribution in [2.45, 2.75) is 24.4 Å². The zero-order valence-electron chi connectivity index (χ0n) is 10.6. The third kappa shape index (κ3) is 6.68. The Hall–Kier alpha value is -2.20. The maximum atomic E-state index is 10.1. The molecule has 21 heavy (non-hydrogen) atoms. The normalized spacial score (nSPS) is 15.8. The van der Waals surface area contributed by atoms with Crippen LogP contribution in [0.15, 0.2) is 24.3 Å². The fourth-order valence-corrected chi connectivity index (χ4v) is 1.07. The van der Waals surface area contributed by atoms with Gasteiger partial charge >= 0.3 is 5.97 Å². The highest BCUT2D eigenvalue weighted by Crippen LogP contribution is 2.13. The molecule has 0 fully saturated rings. The number of rotatable bonds is 5. The fourth-order valence-electron chi connectivity index (χ4n) is 1.07. The summed E-state index contributed by atoms with van der Waals surface area (Å²) in [4.78, 5) is 20.0. The summed E-state index contributed by atoms with van der Waals surface area (Å²) in [7, 11) is 0. The summed E-state index contributed by atoms with van der Waals surface area (Å²) >= 11 is 0. The van der Waals surface area contributed by atoms with Crippen molar-refractivity contribution in [3.05, 3.63) is 24.3 Å². The van der Waals surface area contributed by atoms with Crippen LogP contribution in [0, 0.1) is 0 Å². The molecule has 1 rings (SSSR count). The molecule has 0 saturated carbocycles. The van der Waals surface area contributed by atoms with Crippen LogP contribution in [0.2, 0.25) is 0 Å². The quantitative estimate of drug-likeness (QED) is 0.235. The predicted octanol–water partition coefficient (Wildman–Crippen LogP) is -2.19. The Labute approximate surface area is 119 Å². The third-order valence-electron chi connectivity index (χ3n) is 2.27. The van der Waals surface area contributed by atoms with Gasteiger partial charge in [-0.3, -0.25) is 0 Å². The van der Waals surface area contributed by atoms with E-state index in [0.717, 1.165) is 0 Å². The van der Waals surface area contributed by atoms with Gasteiger partial charge in [0.1, 0.15) is 29.8 Å². The number of hydrogen-bond donors (Lipinski definition) is 7. The monoisotopic (exact) mass is 304 g/mol. The molecule has 7 N–H and O–H groups in total. The molecule has 0 aliphatic carbocycles. The molecule has 9 heteroatoms. The number of hydrogen-bond acceptors (Lipinski definition) is 8. The van der Waals surface area contributed by atoms with E-state index in [1.807, 2.05) is 0 Å². The molecule has 0 radical (unpaired) electrons. The second-order valence-corrected chi connectivity index (χ2v) is 3.91. The predicted molar refractivity (Wildman–Crippen MR) is 67.5 cm³/mol. The van der Waals surface area contributed by atoms with Gasteiger partial charge in [-0.15, -0.1) is 0 Å². The molecular weight excluding hydrogens is 288 g/mol. The van der Waals surface area contributed by atoms with Gasteiger partial charge in [-0.2, -0.15) is 0 Å². The maximum Gasteiger partial charge on any atom is 0.335 e. The van der Waals surface area contributed by atoms with E-state index in [0.29, 0.717) is 0 Å². The number of carbonyl (C=O) groups is 2. The van der Waals surface area contributed by atoms with Gasteiger partial charge in [0.15, 0.2) is 12.4 Å². The molecule has 0 bridgehead atoms. The van der Waals surface area contributed by atoms with Gasteiger partial charge in [-0.1, -0.05) is 0 Å². The van der Waals surface area contributed by atoms with Crippen LogP contribution in [0.25, 0.3) is 0 Å². The van der Waals surface area contributed by atoms with Crippen molar-refractivity contribution in [1.82, 2.24) is 0 Å². The summed E-state index contributed by atoms with van der Waals surface area (Å²) in [6, 6.07) is 5.70. The van der Waals surface area contributed by atoms with E-state index in [-0.39, 0.29) is 17.8 Å². The summed E-state index contributed by atoms with van der Waals surface area (Å²) in [5.41, 5.74) is 0. The van der Waals surface area contributed by atoms with E-state index < -0.39 is 30.4 Å². The number of aliphatic hydroxyl groups excluding tert-OH is 4. The van der Waals surface area contributed by atoms with Gasteiger partial charge in [0.05, 0.1) is 0 Å². The molecular formula is C12H16O9. The molecule has 0 unspecified atom stereocenters. The average molecular weight is 304 g/mol. The standard InChI is InChI=1S/C6H10O7.C6H6O2/c7-1-2(8)3(9)4(10)5(11)6(12)13;7-5-1-2-6(8)4-3-5/h1-5,8-11H,(H,12,13);1-4,7-8H/t2-,3+,4+,5-;/m1./s1. The first-order chi connectivity index (χ1) is 9.70. The number of benzene rings is 1. The fraction of sp³-hybridized carbons (Fsp3) is 0.333. The Kier molecular flexibility index (Phi) is 7.94. The molecule has 118 valence electrons. The molecule has 0 saturated heterocycles. The largest absolute Gasteiger partial charge is 0.508 e. The van der Waals surface area contributed by atoms with Crippen LogP contribution in [0.5, 0.6) is 11.5 Å². The van der Waals surface area contributed by atoms with Gasteiger partial charge in [-0.05, 0) is 24.3 Å². The van der Waals surface area contributed by atoms with E-state index in [1.54, 1.807) is 0 Å². The number of carboxylic acids is 1. The van der Waals surface area contributed by atoms with Crippen molar-refractivity contribution in [2.75, 3.05) is 0 Å². The molecule has 0 amide bonds. The molecule has 0 aliphatic heterocycles. The first kappa shape index (κ1) is 18.8. The van der Waals surface area contributed by atoms with Gasteiger partial charge in [0, 0.05) is 0 Å². The van der Waals surface area contributed by atoms with Crippen molar-refractivity contribution in [1.29, 1.82) is 0 Å². The van der Waals surface area contributed by atoms with Crippen LogP contribution in [0.4, 0.5) is 0 Å². The number of phenols is 2. The van der Waals surface area contributed by atoms with Gasteiger partial charge in [-0.25, -0.2) is 4.79 Å². The maximum absolute atomic E-state index is 10.1. The smallest absolute Gasteiger partial charge is 0.335 e. The molecule has 1 aromatic carbocycles. The van der Waals surface area contributed by atoms with E-state index in [1.165, 1.54) is 24.3 Å². The molecule has 9 nitrogen and oxygen atoms in total. The van der Waals surface area contributed by atoms with Crippen LogP contribution in [-0.2, 0) is 9.59 Å². The highest BCUT2D eigenvalue weighted by atomic mass is 16.4. The van der Waals surface area contributed by atoms with Crippen LogP contribution < -0.4 is 0 Å². The lowest BCUT2D eigenvalue weighted by atomic mass is 10.0. The van der Waals surface area contributed by atoms with E-state index in [4.69, 9.17) is 35.7 Å². The van der Waals surface area contributed by atoms with Crippen LogP contribution >= 0.6 is 0 Å². The highest BCUT2D eigenvalue weighted by molar-refractivity contribution is 5.73. The molecule has 1 aromatic rings. The minimum atomic E-state index is -2.25. The van der Waals surface area contributed by atoms with Crippen molar-refractivity contribution < 1.29 is 45.3 Å². The Morgan fingerprint density at radius 1 is 0.905 bits per heavy atom. The SMILES string of the molecule is O=C[C@@H](O)[C@H](O)[C@H](O)[C@@H](O)C(=O)O.Oc1ccc(O)cc1. The third-order valence-corrected chi connectivity index (χ3v) is 2.27. The molecule has 0 aromatic heterocycles. The Morgan fingerprint density at radius 3 is 1.57 bits per heavy atom. The first-order valence-electron chi connectivity index (χ1n) is 5.59. The lowest BCUT2D eigenvalue weighted by Gasteiger charge is -2.21. The minimum Gasteiger partial charge on any atom is -0.508 e. The van der Waals surface area contributed by atoms with Crippen molar-refractivity contribution >= 4 is 12.3 Å². The minimum absolute atomic E-state index is 0.0809. The summed E-state index contributed by atoms with van der Waals surface area (Å²) < 4.78 is 0. The van der Waals surface area contributed by atoms with Crippen LogP contribution in [-0.4, -0.2) is 72.4 Å². The second kappa shape index (κ2) is 8.87. The average Bonchev–Trinajstić information content (AvgIpc) is 2.47. The van der Waals surface area contributed by atoms with Gasteiger partial charge in [0.25, 0.3) is 0 Å². The molecule has 0 spiro atoms. The van der Waals surface area contributed by atoms with E-state index >= 15 is 0 Å². The number of carboxylic acid groups (broad SMARTS) is 1. The number of aliphatic carboxylic acids is 1. The number of phenolic OH excluding ortho intramolecular Hbond substituents is 2. The number of carbonyl (C=O) groups excluding carboxylic acids is 1. The summed E-state index contributed by atoms with van der Waals surface area (Å²) in [6.45, 7) is 0. The second-order valence-electron chi connectivity index (χ2n) is 3.91. The number of aliphatic hydroxyl groups is 4. The van der Waals surface area contributed by atoms with Gasteiger partial charge in [0.2, 0.25) is 0 Å². The number of aromatic hydroxyl groups is 2. The zero-order valence-corrected chi connectivity index (χ0v) is 10.6. The Bertz CT molecular complexity index is 424. The van der Waals surface area contributed by atoms with Crippen molar-refractivity contribution in [2.24, 2.45) is 0 Å². The lowest BCUT2D eigenvalue weighted by Crippen LogP contribution is -2.48. The first-order valence-corrected chi connectivity index (χ1v) is 5.59. The molecule has 0 heterocycles. The topological polar surface area (TPSA) is 176 Å². The lowest BCUT2D eigenvalue weighted by molar-refractivity contribution is -0.163. The Morgan fingerprint density at radius 2 is 1.29 bits per heavy atom. The summed E-state index contributed by atoms with van der Waals surface area (Å²) in [5, 5.41) is 60.5. The summed E-state index contributed by atoms with van der Waals surface area (Å²) in [5.74, 6) is -1.42. The molecule has 4 atom stereocenters.